The predicted octanol–water partition coefficient (Wildman–Crippen LogP) is 1.44. The predicted molar refractivity (Wildman–Crippen MR) is 54.6 cm³/mol. The average Bonchev–Trinajstić information content (AvgIpc) is 2.21. The van der Waals surface area contributed by atoms with E-state index < -0.39 is 11.9 Å². The fourth-order valence-electron chi connectivity index (χ4n) is 4.24. The van der Waals surface area contributed by atoms with Gasteiger partial charge in [0.1, 0.15) is 6.10 Å². The zero-order valence-electron chi connectivity index (χ0n) is 9.09. The van der Waals surface area contributed by atoms with Crippen molar-refractivity contribution >= 4 is 11.9 Å². The molecule has 0 saturated heterocycles. The minimum absolute atomic E-state index is 0.114. The molecule has 4 aliphatic rings. The zero-order chi connectivity index (χ0) is 11.3. The van der Waals surface area contributed by atoms with E-state index in [0.29, 0.717) is 11.8 Å². The minimum atomic E-state index is -1.46. The number of hydrogen-bond acceptors (Lipinski definition) is 3. The maximum absolute atomic E-state index is 11.1. The molecule has 16 heavy (non-hydrogen) atoms. The quantitative estimate of drug-likeness (QED) is 0.540. The fourth-order valence-corrected chi connectivity index (χ4v) is 4.24. The lowest BCUT2D eigenvalue weighted by molar-refractivity contribution is -0.181. The van der Waals surface area contributed by atoms with Gasteiger partial charge in [-0.15, -0.1) is 0 Å². The second-order valence-corrected chi connectivity index (χ2v) is 5.61. The standard InChI is InChI=1S/C12H16O4/c13-11(14)12(15)16-10-8-2-6-1-7(4-8)5-9(10)3-6/h6-10H,1-5H2,(H,13,14). The molecule has 0 radical (unpaired) electrons. The molecule has 1 N–H and O–H groups in total. The molecule has 0 heterocycles. The first kappa shape index (κ1) is 10.1. The van der Waals surface area contributed by atoms with Crippen molar-refractivity contribution in [3.8, 4) is 0 Å². The molecule has 4 bridgehead atoms. The highest BCUT2D eigenvalue weighted by Gasteiger charge is 2.50. The Labute approximate surface area is 94.0 Å². The summed E-state index contributed by atoms with van der Waals surface area (Å²) < 4.78 is 5.15. The summed E-state index contributed by atoms with van der Waals surface area (Å²) >= 11 is 0. The lowest BCUT2D eigenvalue weighted by Gasteiger charge is -2.53. The number of rotatable bonds is 1. The number of carbonyl (C=O) groups excluding carboxylic acids is 1. The SMILES string of the molecule is O=C(O)C(=O)OC1C2CC3CC(C2)CC1C3. The Bertz CT molecular complexity index is 308. The largest absolute Gasteiger partial charge is 0.473 e. The molecule has 0 unspecified atom stereocenters. The summed E-state index contributed by atoms with van der Waals surface area (Å²) in [5, 5.41) is 8.56. The van der Waals surface area contributed by atoms with Crippen molar-refractivity contribution in [3.63, 3.8) is 0 Å². The molecule has 4 aliphatic carbocycles. The number of esters is 1. The van der Waals surface area contributed by atoms with Crippen molar-refractivity contribution in [3.05, 3.63) is 0 Å². The van der Waals surface area contributed by atoms with Crippen LogP contribution in [0.2, 0.25) is 0 Å². The molecule has 0 amide bonds. The van der Waals surface area contributed by atoms with Gasteiger partial charge in [-0.1, -0.05) is 0 Å². The Balaban J connectivity index is 1.72. The van der Waals surface area contributed by atoms with Gasteiger partial charge < -0.3 is 9.84 Å². The van der Waals surface area contributed by atoms with Crippen LogP contribution in [0.1, 0.15) is 32.1 Å². The van der Waals surface area contributed by atoms with Gasteiger partial charge in [-0.25, -0.2) is 9.59 Å². The molecule has 4 fully saturated rings. The van der Waals surface area contributed by atoms with E-state index in [2.05, 4.69) is 0 Å². The first-order valence-corrected chi connectivity index (χ1v) is 6.07. The van der Waals surface area contributed by atoms with Crippen molar-refractivity contribution in [1.29, 1.82) is 0 Å². The Hall–Kier alpha value is -1.06. The maximum Gasteiger partial charge on any atom is 0.417 e. The number of carbonyl (C=O) groups is 2. The number of carboxylic acids is 1. The molecule has 4 heteroatoms. The van der Waals surface area contributed by atoms with E-state index >= 15 is 0 Å². The van der Waals surface area contributed by atoms with E-state index in [1.165, 1.54) is 6.42 Å². The monoisotopic (exact) mass is 224 g/mol. The van der Waals surface area contributed by atoms with E-state index in [-0.39, 0.29) is 6.10 Å². The van der Waals surface area contributed by atoms with Crippen LogP contribution in [0.15, 0.2) is 0 Å². The van der Waals surface area contributed by atoms with E-state index in [0.717, 1.165) is 37.5 Å². The van der Waals surface area contributed by atoms with Crippen LogP contribution >= 0.6 is 0 Å². The van der Waals surface area contributed by atoms with Gasteiger partial charge in [-0.05, 0) is 55.8 Å². The number of aliphatic carboxylic acids is 1. The molecular weight excluding hydrogens is 208 g/mol. The highest BCUT2D eigenvalue weighted by molar-refractivity contribution is 6.28. The number of hydrogen-bond donors (Lipinski definition) is 1. The molecule has 0 aliphatic heterocycles. The van der Waals surface area contributed by atoms with Crippen molar-refractivity contribution in [2.24, 2.45) is 23.7 Å². The molecule has 88 valence electrons. The maximum atomic E-state index is 11.1. The van der Waals surface area contributed by atoms with Gasteiger partial charge in [-0.3, -0.25) is 0 Å². The average molecular weight is 224 g/mol. The first-order valence-electron chi connectivity index (χ1n) is 6.07. The van der Waals surface area contributed by atoms with Crippen LogP contribution in [0.4, 0.5) is 0 Å². The van der Waals surface area contributed by atoms with Crippen molar-refractivity contribution in [2.75, 3.05) is 0 Å². The van der Waals surface area contributed by atoms with E-state index in [9.17, 15) is 9.59 Å². The smallest absolute Gasteiger partial charge is 0.417 e. The molecular formula is C12H16O4. The lowest BCUT2D eigenvalue weighted by atomic mass is 9.55. The summed E-state index contributed by atoms with van der Waals surface area (Å²) in [6.07, 6.45) is 5.74. The topological polar surface area (TPSA) is 63.6 Å². The molecule has 4 saturated carbocycles. The van der Waals surface area contributed by atoms with Crippen LogP contribution in [-0.2, 0) is 14.3 Å². The van der Waals surface area contributed by atoms with Gasteiger partial charge in [0, 0.05) is 0 Å². The van der Waals surface area contributed by atoms with E-state index in [4.69, 9.17) is 9.84 Å². The Kier molecular flexibility index (Phi) is 2.19. The summed E-state index contributed by atoms with van der Waals surface area (Å²) in [6.45, 7) is 0. The van der Waals surface area contributed by atoms with E-state index in [1.807, 2.05) is 0 Å². The molecule has 4 rings (SSSR count). The van der Waals surface area contributed by atoms with Gasteiger partial charge in [-0.2, -0.15) is 0 Å². The van der Waals surface area contributed by atoms with Gasteiger partial charge in [0.25, 0.3) is 0 Å². The number of ether oxygens (including phenoxy) is 1. The minimum Gasteiger partial charge on any atom is -0.473 e. The molecule has 0 atom stereocenters. The van der Waals surface area contributed by atoms with Gasteiger partial charge >= 0.3 is 11.9 Å². The summed E-state index contributed by atoms with van der Waals surface area (Å²) in [5.41, 5.74) is 0. The third-order valence-corrected chi connectivity index (χ3v) is 4.56. The highest BCUT2D eigenvalue weighted by atomic mass is 16.6. The summed E-state index contributed by atoms with van der Waals surface area (Å²) in [5.74, 6) is -0.0602. The van der Waals surface area contributed by atoms with Crippen molar-refractivity contribution < 1.29 is 19.4 Å². The molecule has 0 spiro atoms. The van der Waals surface area contributed by atoms with Crippen LogP contribution in [0, 0.1) is 23.7 Å². The summed E-state index contributed by atoms with van der Waals surface area (Å²) in [6, 6.07) is 0. The van der Waals surface area contributed by atoms with Gasteiger partial charge in [0.05, 0.1) is 0 Å². The molecule has 0 aromatic heterocycles. The summed E-state index contributed by atoms with van der Waals surface area (Å²) in [4.78, 5) is 21.6. The van der Waals surface area contributed by atoms with Crippen molar-refractivity contribution in [2.45, 2.75) is 38.2 Å². The van der Waals surface area contributed by atoms with Crippen LogP contribution in [-0.4, -0.2) is 23.1 Å². The molecule has 0 aromatic carbocycles. The van der Waals surface area contributed by atoms with E-state index in [1.54, 1.807) is 0 Å². The second-order valence-electron chi connectivity index (χ2n) is 5.61. The lowest BCUT2D eigenvalue weighted by Crippen LogP contribution is -2.50. The van der Waals surface area contributed by atoms with Gasteiger partial charge in [0.2, 0.25) is 0 Å². The fraction of sp³-hybridized carbons (Fsp3) is 0.833. The first-order chi connectivity index (χ1) is 7.63. The molecule has 0 aromatic rings. The number of carboxylic acid groups (broad SMARTS) is 1. The third kappa shape index (κ3) is 1.51. The van der Waals surface area contributed by atoms with Crippen molar-refractivity contribution in [1.82, 2.24) is 0 Å². The van der Waals surface area contributed by atoms with Crippen LogP contribution in [0.25, 0.3) is 0 Å². The van der Waals surface area contributed by atoms with Crippen LogP contribution in [0.5, 0.6) is 0 Å². The Morgan fingerprint density at radius 2 is 1.44 bits per heavy atom. The third-order valence-electron chi connectivity index (χ3n) is 4.56. The highest BCUT2D eigenvalue weighted by Crippen LogP contribution is 2.54. The molecule has 4 nitrogen and oxygen atoms in total. The summed E-state index contributed by atoms with van der Waals surface area (Å²) in [7, 11) is 0. The van der Waals surface area contributed by atoms with Crippen LogP contribution < -0.4 is 0 Å². The van der Waals surface area contributed by atoms with Crippen LogP contribution in [0.3, 0.4) is 0 Å². The van der Waals surface area contributed by atoms with Gasteiger partial charge in [0.15, 0.2) is 0 Å². The normalized spacial score (nSPS) is 44.4. The Morgan fingerprint density at radius 1 is 0.938 bits per heavy atom. The second kappa shape index (κ2) is 3.47. The Morgan fingerprint density at radius 3 is 1.88 bits per heavy atom. The zero-order valence-corrected chi connectivity index (χ0v) is 9.09.